The Labute approximate surface area is 172 Å². The van der Waals surface area contributed by atoms with Gasteiger partial charge in [0.05, 0.1) is 17.1 Å². The number of carbonyl (C=O) groups excluding carboxylic acids is 1. The summed E-state index contributed by atoms with van der Waals surface area (Å²) in [6, 6.07) is 14.4. The molecule has 2 aromatic carbocycles. The molecule has 1 heterocycles. The number of hydrogen-bond acceptors (Lipinski definition) is 4. The van der Waals surface area contributed by atoms with Gasteiger partial charge in [-0.3, -0.25) is 4.79 Å². The molecule has 0 spiro atoms. The summed E-state index contributed by atoms with van der Waals surface area (Å²) in [4.78, 5) is 19.9. The highest BCUT2D eigenvalue weighted by atomic mass is 32.1. The van der Waals surface area contributed by atoms with E-state index in [2.05, 4.69) is 9.72 Å². The Kier molecular flexibility index (Phi) is 6.59. The molecule has 0 aliphatic carbocycles. The van der Waals surface area contributed by atoms with Crippen molar-refractivity contribution >= 4 is 17.2 Å². The number of carbonyl (C=O) groups is 1. The first-order valence-electron chi connectivity index (χ1n) is 9.13. The average molecular weight is 416 g/mol. The predicted octanol–water partition coefficient (Wildman–Crippen LogP) is 5.23. The second-order valence-electron chi connectivity index (χ2n) is 6.82. The fraction of sp³-hybridized carbons (Fsp3) is 0.273. The maximum absolute atomic E-state index is 12.8. The number of amides is 1. The van der Waals surface area contributed by atoms with Gasteiger partial charge in [-0.25, -0.2) is 4.98 Å². The van der Waals surface area contributed by atoms with Crippen LogP contribution in [0.4, 0.5) is 8.78 Å². The Morgan fingerprint density at radius 2 is 1.76 bits per heavy atom. The van der Waals surface area contributed by atoms with E-state index in [9.17, 15) is 13.6 Å². The molecule has 29 heavy (non-hydrogen) atoms. The summed E-state index contributed by atoms with van der Waals surface area (Å²) in [5.74, 6) is 0.0653. The van der Waals surface area contributed by atoms with E-state index in [1.165, 1.54) is 29.0 Å². The largest absolute Gasteiger partial charge is 0.435 e. The van der Waals surface area contributed by atoms with E-state index in [4.69, 9.17) is 0 Å². The number of thiazole rings is 1. The highest BCUT2D eigenvalue weighted by Gasteiger charge is 2.17. The van der Waals surface area contributed by atoms with Gasteiger partial charge in [0, 0.05) is 24.0 Å². The molecular formula is C22H22F2N2O2S. The number of nitrogens with zero attached hydrogens (tertiary/aromatic N) is 2. The van der Waals surface area contributed by atoms with E-state index < -0.39 is 6.61 Å². The van der Waals surface area contributed by atoms with Gasteiger partial charge in [-0.15, -0.1) is 11.3 Å². The topological polar surface area (TPSA) is 42.4 Å². The maximum Gasteiger partial charge on any atom is 0.387 e. The molecule has 0 bridgehead atoms. The zero-order valence-electron chi connectivity index (χ0n) is 16.5. The second-order valence-corrected chi connectivity index (χ2v) is 8.11. The standard InChI is InChI=1S/C22H22F2N2O2S/c1-14-4-8-17(9-5-14)21-19(29-15(2)25-21)12-20(27)26(3)13-16-6-10-18(11-7-16)28-22(23)24/h4-11,22H,12-13H2,1-3H3. The summed E-state index contributed by atoms with van der Waals surface area (Å²) in [7, 11) is 1.73. The summed E-state index contributed by atoms with van der Waals surface area (Å²) in [6.45, 7) is 1.49. The van der Waals surface area contributed by atoms with Gasteiger partial charge in [-0.2, -0.15) is 8.78 Å². The smallest absolute Gasteiger partial charge is 0.387 e. The number of aryl methyl sites for hydroxylation is 2. The van der Waals surface area contributed by atoms with Crippen molar-refractivity contribution in [3.8, 4) is 17.0 Å². The van der Waals surface area contributed by atoms with Crippen molar-refractivity contribution in [1.82, 2.24) is 9.88 Å². The summed E-state index contributed by atoms with van der Waals surface area (Å²) >= 11 is 1.53. The summed E-state index contributed by atoms with van der Waals surface area (Å²) in [6.07, 6.45) is 0.262. The molecule has 4 nitrogen and oxygen atoms in total. The fourth-order valence-electron chi connectivity index (χ4n) is 2.94. The minimum atomic E-state index is -2.85. The third kappa shape index (κ3) is 5.60. The van der Waals surface area contributed by atoms with Crippen molar-refractivity contribution in [2.24, 2.45) is 0 Å². The molecule has 0 aliphatic rings. The summed E-state index contributed by atoms with van der Waals surface area (Å²) < 4.78 is 28.8. The van der Waals surface area contributed by atoms with E-state index in [1.54, 1.807) is 24.1 Å². The first-order chi connectivity index (χ1) is 13.8. The van der Waals surface area contributed by atoms with Crippen LogP contribution in [0.2, 0.25) is 0 Å². The lowest BCUT2D eigenvalue weighted by molar-refractivity contribution is -0.129. The fourth-order valence-corrected chi connectivity index (χ4v) is 3.89. The van der Waals surface area contributed by atoms with Crippen molar-refractivity contribution in [1.29, 1.82) is 0 Å². The van der Waals surface area contributed by atoms with Gasteiger partial charge < -0.3 is 9.64 Å². The molecule has 1 amide bonds. The molecule has 3 aromatic rings. The first-order valence-corrected chi connectivity index (χ1v) is 9.94. The van der Waals surface area contributed by atoms with E-state index >= 15 is 0 Å². The Bertz CT molecular complexity index is 969. The van der Waals surface area contributed by atoms with E-state index in [1.807, 2.05) is 38.1 Å². The van der Waals surface area contributed by atoms with Crippen molar-refractivity contribution < 1.29 is 18.3 Å². The van der Waals surface area contributed by atoms with Crippen LogP contribution in [0.15, 0.2) is 48.5 Å². The van der Waals surface area contributed by atoms with Crippen LogP contribution in [0.25, 0.3) is 11.3 Å². The summed E-state index contributed by atoms with van der Waals surface area (Å²) in [5.41, 5.74) is 3.85. The van der Waals surface area contributed by atoms with Gasteiger partial charge in [0.15, 0.2) is 0 Å². The van der Waals surface area contributed by atoms with Crippen LogP contribution < -0.4 is 4.74 Å². The second kappa shape index (κ2) is 9.13. The van der Waals surface area contributed by atoms with Gasteiger partial charge in [-0.1, -0.05) is 42.0 Å². The number of halogens is 2. The minimum Gasteiger partial charge on any atom is -0.435 e. The zero-order chi connectivity index (χ0) is 21.0. The highest BCUT2D eigenvalue weighted by molar-refractivity contribution is 7.12. The molecule has 0 radical (unpaired) electrons. The van der Waals surface area contributed by atoms with Crippen LogP contribution in [0.3, 0.4) is 0 Å². The van der Waals surface area contributed by atoms with Crippen LogP contribution in [0, 0.1) is 13.8 Å². The van der Waals surface area contributed by atoms with Crippen molar-refractivity contribution in [2.75, 3.05) is 7.05 Å². The van der Waals surface area contributed by atoms with Crippen LogP contribution in [-0.4, -0.2) is 29.5 Å². The zero-order valence-corrected chi connectivity index (χ0v) is 17.3. The van der Waals surface area contributed by atoms with Crippen molar-refractivity contribution in [3.05, 3.63) is 69.5 Å². The number of aromatic nitrogens is 1. The third-order valence-corrected chi connectivity index (χ3v) is 5.41. The van der Waals surface area contributed by atoms with E-state index in [-0.39, 0.29) is 18.1 Å². The summed E-state index contributed by atoms with van der Waals surface area (Å²) in [5, 5.41) is 0.917. The lowest BCUT2D eigenvalue weighted by atomic mass is 10.1. The molecule has 0 saturated heterocycles. The van der Waals surface area contributed by atoms with E-state index in [0.717, 1.165) is 26.7 Å². The maximum atomic E-state index is 12.8. The highest BCUT2D eigenvalue weighted by Crippen LogP contribution is 2.29. The van der Waals surface area contributed by atoms with Crippen LogP contribution in [-0.2, 0) is 17.8 Å². The Morgan fingerprint density at radius 1 is 1.10 bits per heavy atom. The molecule has 0 aliphatic heterocycles. The third-order valence-electron chi connectivity index (χ3n) is 4.44. The van der Waals surface area contributed by atoms with Crippen LogP contribution in [0.5, 0.6) is 5.75 Å². The number of benzene rings is 2. The predicted molar refractivity (Wildman–Crippen MR) is 110 cm³/mol. The average Bonchev–Trinajstić information content (AvgIpc) is 3.03. The number of ether oxygens (including phenoxy) is 1. The molecule has 1 aromatic heterocycles. The first kappa shape index (κ1) is 20.9. The van der Waals surface area contributed by atoms with Crippen molar-refractivity contribution in [3.63, 3.8) is 0 Å². The SMILES string of the molecule is Cc1ccc(-c2nc(C)sc2CC(=O)N(C)Cc2ccc(OC(F)F)cc2)cc1. The molecular weight excluding hydrogens is 394 g/mol. The van der Waals surface area contributed by atoms with Gasteiger partial charge >= 0.3 is 6.61 Å². The van der Waals surface area contributed by atoms with Gasteiger partial charge in [0.1, 0.15) is 5.75 Å². The number of likely N-dealkylation sites (N-methyl/N-ethyl adjacent to an activating group) is 1. The Morgan fingerprint density at radius 3 is 2.38 bits per heavy atom. The quantitative estimate of drug-likeness (QED) is 0.530. The molecule has 7 heteroatoms. The minimum absolute atomic E-state index is 0.0325. The van der Waals surface area contributed by atoms with Gasteiger partial charge in [0.2, 0.25) is 5.91 Å². The van der Waals surface area contributed by atoms with E-state index in [0.29, 0.717) is 6.54 Å². The number of hydrogen-bond donors (Lipinski definition) is 0. The van der Waals surface area contributed by atoms with Gasteiger partial charge in [0.25, 0.3) is 0 Å². The molecule has 0 atom stereocenters. The lowest BCUT2D eigenvalue weighted by Gasteiger charge is -2.17. The van der Waals surface area contributed by atoms with Crippen molar-refractivity contribution in [2.45, 2.75) is 33.4 Å². The molecule has 0 fully saturated rings. The van der Waals surface area contributed by atoms with Gasteiger partial charge in [-0.05, 0) is 31.5 Å². The molecule has 0 N–H and O–H groups in total. The lowest BCUT2D eigenvalue weighted by Crippen LogP contribution is -2.27. The Balaban J connectivity index is 1.68. The number of rotatable bonds is 7. The normalized spacial score (nSPS) is 11.0. The molecule has 3 rings (SSSR count). The molecule has 0 unspecified atom stereocenters. The van der Waals surface area contributed by atoms with Crippen LogP contribution in [0.1, 0.15) is 21.0 Å². The number of alkyl halides is 2. The Hall–Kier alpha value is -2.80. The monoisotopic (exact) mass is 416 g/mol. The van der Waals surface area contributed by atoms with Crippen LogP contribution >= 0.6 is 11.3 Å². The molecule has 152 valence electrons. The molecule has 0 saturated carbocycles.